The number of rotatable bonds is 9. The molecule has 0 aliphatic heterocycles. The van der Waals surface area contributed by atoms with Crippen LogP contribution in [0.2, 0.25) is 0 Å². The van der Waals surface area contributed by atoms with Gasteiger partial charge in [0, 0.05) is 0 Å². The van der Waals surface area contributed by atoms with Crippen LogP contribution in [0.15, 0.2) is 0 Å². The molecule has 0 aromatic heterocycles. The first-order valence-corrected chi connectivity index (χ1v) is 15.9. The number of hydrogen-bond acceptors (Lipinski definition) is 0. The first-order valence-electron chi connectivity index (χ1n) is 15.9. The van der Waals surface area contributed by atoms with Crippen molar-refractivity contribution in [3.63, 3.8) is 0 Å². The molecule has 0 bridgehead atoms. The fourth-order valence-electron chi connectivity index (χ4n) is 9.11. The van der Waals surface area contributed by atoms with E-state index in [0.29, 0.717) is 29.6 Å². The first-order chi connectivity index (χ1) is 17.0. The maximum Gasteiger partial charge on any atom is 0.134 e. The quantitative estimate of drug-likeness (QED) is 0.298. The maximum absolute atomic E-state index is 15.2. The summed E-state index contributed by atoms with van der Waals surface area (Å²) in [6.07, 6.45) is 18.1. The van der Waals surface area contributed by atoms with E-state index in [1.165, 1.54) is 57.8 Å². The van der Waals surface area contributed by atoms with Crippen molar-refractivity contribution in [2.45, 2.75) is 154 Å². The van der Waals surface area contributed by atoms with Crippen molar-refractivity contribution in [1.29, 1.82) is 0 Å². The van der Waals surface area contributed by atoms with E-state index < -0.39 is 18.5 Å². The lowest BCUT2D eigenvalue weighted by atomic mass is 9.65. The smallest absolute Gasteiger partial charge is 0.134 e. The Labute approximate surface area is 215 Å². The molecule has 0 radical (unpaired) electrons. The summed E-state index contributed by atoms with van der Waals surface area (Å²) in [6.45, 7) is 4.47. The summed E-state index contributed by atoms with van der Waals surface area (Å²) in [5.41, 5.74) is 0. The average Bonchev–Trinajstić information content (AvgIpc) is 2.87. The molecule has 35 heavy (non-hydrogen) atoms. The van der Waals surface area contributed by atoms with Crippen molar-refractivity contribution in [1.82, 2.24) is 0 Å². The van der Waals surface area contributed by atoms with Gasteiger partial charge < -0.3 is 0 Å². The van der Waals surface area contributed by atoms with Crippen LogP contribution in [0.1, 0.15) is 136 Å². The van der Waals surface area contributed by atoms with Crippen LogP contribution >= 0.6 is 0 Å². The minimum absolute atomic E-state index is 0.0275. The Bertz CT molecular complexity index is 592. The highest BCUT2D eigenvalue weighted by atomic mass is 19.2. The SMILES string of the molecule is CCCC1CCC(C2CCC(CCC3CCC(C4CC[C@H](CCC)CC4F)CC3)C(F)C2F)CC1. The van der Waals surface area contributed by atoms with Crippen molar-refractivity contribution in [3.8, 4) is 0 Å². The van der Waals surface area contributed by atoms with Gasteiger partial charge in [0.1, 0.15) is 18.5 Å². The van der Waals surface area contributed by atoms with E-state index in [-0.39, 0.29) is 11.8 Å². The molecule has 3 heteroatoms. The third kappa shape index (κ3) is 7.22. The van der Waals surface area contributed by atoms with E-state index in [1.54, 1.807) is 0 Å². The molecule has 7 atom stereocenters. The molecule has 4 saturated carbocycles. The fraction of sp³-hybridized carbons (Fsp3) is 1.00. The molecule has 0 spiro atoms. The van der Waals surface area contributed by atoms with Gasteiger partial charge in [-0.1, -0.05) is 71.6 Å². The third-order valence-corrected chi connectivity index (χ3v) is 11.3. The minimum atomic E-state index is -1.25. The second-order valence-electron chi connectivity index (χ2n) is 13.5. The summed E-state index contributed by atoms with van der Waals surface area (Å²) in [4.78, 5) is 0. The van der Waals surface area contributed by atoms with Crippen LogP contribution in [-0.4, -0.2) is 18.5 Å². The molecule has 4 aliphatic carbocycles. The summed E-state index contributed by atoms with van der Waals surface area (Å²) < 4.78 is 45.4. The predicted octanol–water partition coefficient (Wildman–Crippen LogP) is 10.4. The van der Waals surface area contributed by atoms with E-state index >= 15 is 8.78 Å². The van der Waals surface area contributed by atoms with Gasteiger partial charge in [-0.05, 0) is 112 Å². The standard InChI is InChI=1S/C32H55F3/c1-3-5-22-7-15-26(16-8-22)29-20-18-27(31(34)32(29)35)17-11-23-9-13-25(14-10-23)28-19-12-24(6-4-2)21-30(28)33/h22-32H,3-21H2,1-2H3/t22?,23?,24-,25?,26?,27?,28?,29?,30?,31?,32?/m0/s1. The Kier molecular flexibility index (Phi) is 10.8. The molecule has 0 saturated heterocycles. The Morgan fingerprint density at radius 3 is 1.60 bits per heavy atom. The Balaban J connectivity index is 1.15. The summed E-state index contributed by atoms with van der Waals surface area (Å²) >= 11 is 0. The molecular formula is C32H55F3. The van der Waals surface area contributed by atoms with Crippen molar-refractivity contribution in [2.75, 3.05) is 0 Å². The largest absolute Gasteiger partial charge is 0.247 e. The van der Waals surface area contributed by atoms with Gasteiger partial charge in [0.2, 0.25) is 0 Å². The zero-order valence-corrected chi connectivity index (χ0v) is 22.9. The zero-order valence-electron chi connectivity index (χ0n) is 22.9. The van der Waals surface area contributed by atoms with Crippen LogP contribution in [0.25, 0.3) is 0 Å². The van der Waals surface area contributed by atoms with Crippen molar-refractivity contribution >= 4 is 0 Å². The van der Waals surface area contributed by atoms with Gasteiger partial charge in [0.25, 0.3) is 0 Å². The normalized spacial score (nSPS) is 45.3. The van der Waals surface area contributed by atoms with E-state index in [2.05, 4.69) is 13.8 Å². The fourth-order valence-corrected chi connectivity index (χ4v) is 9.11. The van der Waals surface area contributed by atoms with Crippen LogP contribution in [0.3, 0.4) is 0 Å². The van der Waals surface area contributed by atoms with Crippen LogP contribution in [0, 0.1) is 47.3 Å². The van der Waals surface area contributed by atoms with Crippen LogP contribution in [0.5, 0.6) is 0 Å². The van der Waals surface area contributed by atoms with Crippen molar-refractivity contribution < 1.29 is 13.2 Å². The topological polar surface area (TPSA) is 0 Å². The molecular weight excluding hydrogens is 441 g/mol. The van der Waals surface area contributed by atoms with E-state index in [1.807, 2.05) is 0 Å². The van der Waals surface area contributed by atoms with Gasteiger partial charge in [0.05, 0.1) is 0 Å². The van der Waals surface area contributed by atoms with Crippen LogP contribution in [0.4, 0.5) is 13.2 Å². The molecule has 4 rings (SSSR count). The van der Waals surface area contributed by atoms with Gasteiger partial charge in [0.15, 0.2) is 0 Å². The van der Waals surface area contributed by atoms with Gasteiger partial charge >= 0.3 is 0 Å². The molecule has 0 amide bonds. The molecule has 0 nitrogen and oxygen atoms in total. The van der Waals surface area contributed by atoms with Crippen molar-refractivity contribution in [3.05, 3.63) is 0 Å². The lowest BCUT2D eigenvalue weighted by Crippen LogP contribution is -2.42. The number of alkyl halides is 3. The Morgan fingerprint density at radius 1 is 0.486 bits per heavy atom. The molecule has 0 aromatic rings. The van der Waals surface area contributed by atoms with Crippen LogP contribution < -0.4 is 0 Å². The minimum Gasteiger partial charge on any atom is -0.247 e. The molecule has 0 aromatic carbocycles. The number of hydrogen-bond donors (Lipinski definition) is 0. The average molecular weight is 497 g/mol. The van der Waals surface area contributed by atoms with E-state index in [9.17, 15) is 4.39 Å². The van der Waals surface area contributed by atoms with Gasteiger partial charge in [-0.3, -0.25) is 0 Å². The molecule has 4 aliphatic rings. The summed E-state index contributed by atoms with van der Waals surface area (Å²) in [6, 6.07) is 0. The summed E-state index contributed by atoms with van der Waals surface area (Å²) in [7, 11) is 0. The highest BCUT2D eigenvalue weighted by Gasteiger charge is 2.44. The molecule has 6 unspecified atom stereocenters. The second kappa shape index (κ2) is 13.5. The summed E-state index contributed by atoms with van der Waals surface area (Å²) in [5, 5.41) is 0. The lowest BCUT2D eigenvalue weighted by Gasteiger charge is -2.42. The van der Waals surface area contributed by atoms with Gasteiger partial charge in [-0.2, -0.15) is 0 Å². The van der Waals surface area contributed by atoms with Gasteiger partial charge in [-0.25, -0.2) is 13.2 Å². The second-order valence-corrected chi connectivity index (χ2v) is 13.5. The summed E-state index contributed by atoms with van der Waals surface area (Å²) in [5.74, 6) is 3.27. The molecule has 0 N–H and O–H groups in total. The highest BCUT2D eigenvalue weighted by molar-refractivity contribution is 4.93. The maximum atomic E-state index is 15.2. The first kappa shape index (κ1) is 27.8. The molecule has 0 heterocycles. The monoisotopic (exact) mass is 496 g/mol. The highest BCUT2D eigenvalue weighted by Crippen LogP contribution is 2.47. The predicted molar refractivity (Wildman–Crippen MR) is 142 cm³/mol. The van der Waals surface area contributed by atoms with E-state index in [0.717, 1.165) is 70.1 Å². The van der Waals surface area contributed by atoms with Crippen LogP contribution in [-0.2, 0) is 0 Å². The molecule has 204 valence electrons. The molecule has 4 fully saturated rings. The Hall–Kier alpha value is -0.210. The number of halogens is 3. The third-order valence-electron chi connectivity index (χ3n) is 11.3. The lowest BCUT2D eigenvalue weighted by molar-refractivity contribution is -0.0165. The van der Waals surface area contributed by atoms with Crippen molar-refractivity contribution in [2.24, 2.45) is 47.3 Å². The van der Waals surface area contributed by atoms with E-state index in [4.69, 9.17) is 0 Å². The van der Waals surface area contributed by atoms with Gasteiger partial charge in [-0.15, -0.1) is 0 Å². The Morgan fingerprint density at radius 2 is 1.00 bits per heavy atom. The zero-order chi connectivity index (χ0) is 24.8.